The lowest BCUT2D eigenvalue weighted by Gasteiger charge is -2.16. The van der Waals surface area contributed by atoms with Gasteiger partial charge in [0.1, 0.15) is 5.75 Å². The number of amides is 1. The molecule has 3 aromatic rings. The monoisotopic (exact) mass is 370 g/mol. The van der Waals surface area contributed by atoms with Gasteiger partial charge in [0.15, 0.2) is 5.82 Å². The van der Waals surface area contributed by atoms with E-state index in [1.54, 1.807) is 36.3 Å². The highest BCUT2D eigenvalue weighted by molar-refractivity contribution is 6.31. The smallest absolute Gasteiger partial charge is 0.364 e. The summed E-state index contributed by atoms with van der Waals surface area (Å²) < 4.78 is 7.83. The van der Waals surface area contributed by atoms with Crippen molar-refractivity contribution in [1.82, 2.24) is 14.3 Å². The topological polar surface area (TPSA) is 69.4 Å². The molecule has 2 aromatic carbocycles. The Morgan fingerprint density at radius 2 is 1.96 bits per heavy atom. The summed E-state index contributed by atoms with van der Waals surface area (Å²) in [4.78, 5) is 30.7. The van der Waals surface area contributed by atoms with Crippen molar-refractivity contribution in [3.8, 4) is 5.75 Å². The Bertz CT molecular complexity index is 1060. The van der Waals surface area contributed by atoms with Crippen LogP contribution in [0.2, 0.25) is 5.02 Å². The van der Waals surface area contributed by atoms with Crippen LogP contribution < -0.4 is 15.3 Å². The lowest BCUT2D eigenvalue weighted by atomic mass is 10.2. The molecule has 0 saturated heterocycles. The summed E-state index contributed by atoms with van der Waals surface area (Å²) in [7, 11) is 1.57. The Morgan fingerprint density at radius 1 is 1.15 bits per heavy atom. The van der Waals surface area contributed by atoms with Crippen LogP contribution in [0.25, 0.3) is 0 Å². The number of halogens is 1. The summed E-state index contributed by atoms with van der Waals surface area (Å²) in [6, 6.07) is 14.0. The number of carbonyl (C=O) groups excluding carboxylic acids is 1. The SMILES string of the molecule is COc1cccc(N2Cc3nc(=O)n(Cc4ccccc4Cl)n3C2=O)c1. The van der Waals surface area contributed by atoms with E-state index < -0.39 is 5.69 Å². The average Bonchev–Trinajstić information content (AvgIpc) is 3.13. The minimum atomic E-state index is -0.474. The molecule has 0 N–H and O–H groups in total. The van der Waals surface area contributed by atoms with Crippen LogP contribution in [0.3, 0.4) is 0 Å². The summed E-state index contributed by atoms with van der Waals surface area (Å²) in [5.41, 5.74) is 0.946. The van der Waals surface area contributed by atoms with Gasteiger partial charge in [0.2, 0.25) is 0 Å². The molecule has 0 aliphatic carbocycles. The van der Waals surface area contributed by atoms with Crippen molar-refractivity contribution in [2.24, 2.45) is 0 Å². The van der Waals surface area contributed by atoms with Crippen molar-refractivity contribution in [3.63, 3.8) is 0 Å². The third kappa shape index (κ3) is 2.66. The van der Waals surface area contributed by atoms with Gasteiger partial charge in [-0.15, -0.1) is 0 Å². The van der Waals surface area contributed by atoms with Crippen molar-refractivity contribution in [3.05, 3.63) is 75.4 Å². The number of carbonyl (C=O) groups is 1. The maximum atomic E-state index is 12.9. The molecule has 0 bridgehead atoms. The normalized spacial score (nSPS) is 13.2. The predicted molar refractivity (Wildman–Crippen MR) is 97.0 cm³/mol. The molecule has 4 rings (SSSR count). The number of hydrogen-bond acceptors (Lipinski definition) is 4. The van der Waals surface area contributed by atoms with Gasteiger partial charge in [0, 0.05) is 16.8 Å². The van der Waals surface area contributed by atoms with Gasteiger partial charge in [0.25, 0.3) is 0 Å². The van der Waals surface area contributed by atoms with Gasteiger partial charge in [-0.2, -0.15) is 9.67 Å². The summed E-state index contributed by atoms with van der Waals surface area (Å²) in [6.45, 7) is 0.389. The summed E-state index contributed by atoms with van der Waals surface area (Å²) in [5, 5.41) is 0.532. The van der Waals surface area contributed by atoms with E-state index in [1.165, 1.54) is 9.36 Å². The quantitative estimate of drug-likeness (QED) is 0.708. The molecule has 0 radical (unpaired) electrons. The number of ether oxygens (including phenoxy) is 1. The van der Waals surface area contributed by atoms with Gasteiger partial charge in [-0.25, -0.2) is 14.3 Å². The highest BCUT2D eigenvalue weighted by Crippen LogP contribution is 2.26. The van der Waals surface area contributed by atoms with Crippen molar-refractivity contribution in [1.29, 1.82) is 0 Å². The van der Waals surface area contributed by atoms with Crippen molar-refractivity contribution in [2.75, 3.05) is 12.0 Å². The van der Waals surface area contributed by atoms with Crippen molar-refractivity contribution < 1.29 is 9.53 Å². The fourth-order valence-electron chi connectivity index (χ4n) is 2.99. The van der Waals surface area contributed by atoms with Gasteiger partial charge in [0.05, 0.1) is 20.2 Å². The molecule has 0 fully saturated rings. The second kappa shape index (κ2) is 6.34. The first-order chi connectivity index (χ1) is 12.6. The number of anilines is 1. The third-order valence-corrected chi connectivity index (χ3v) is 4.65. The van der Waals surface area contributed by atoms with Crippen LogP contribution in [-0.4, -0.2) is 27.5 Å². The minimum absolute atomic E-state index is 0.170. The maximum absolute atomic E-state index is 12.9. The van der Waals surface area contributed by atoms with E-state index in [2.05, 4.69) is 4.98 Å². The van der Waals surface area contributed by atoms with E-state index >= 15 is 0 Å². The zero-order valence-corrected chi connectivity index (χ0v) is 14.7. The maximum Gasteiger partial charge on any atom is 0.364 e. The number of nitrogens with zero attached hydrogens (tertiary/aromatic N) is 4. The predicted octanol–water partition coefficient (Wildman–Crippen LogP) is 2.74. The Morgan fingerprint density at radius 3 is 2.73 bits per heavy atom. The van der Waals surface area contributed by atoms with Crippen LogP contribution >= 0.6 is 11.6 Å². The summed E-state index contributed by atoms with van der Waals surface area (Å²) in [5.74, 6) is 1.04. The molecule has 0 saturated carbocycles. The summed E-state index contributed by atoms with van der Waals surface area (Å²) >= 11 is 6.18. The Labute approximate surface area is 154 Å². The first-order valence-electron chi connectivity index (χ1n) is 7.96. The molecule has 1 aliphatic rings. The van der Waals surface area contributed by atoms with Gasteiger partial charge in [-0.3, -0.25) is 4.90 Å². The molecule has 1 amide bonds. The number of rotatable bonds is 4. The molecule has 2 heterocycles. The van der Waals surface area contributed by atoms with Crippen LogP contribution in [0, 0.1) is 0 Å². The van der Waals surface area contributed by atoms with E-state index in [-0.39, 0.29) is 19.1 Å². The van der Waals surface area contributed by atoms with Crippen molar-refractivity contribution >= 4 is 23.3 Å². The second-order valence-electron chi connectivity index (χ2n) is 5.84. The molecule has 26 heavy (non-hydrogen) atoms. The Hall–Kier alpha value is -3.06. The third-order valence-electron chi connectivity index (χ3n) is 4.29. The average molecular weight is 371 g/mol. The Balaban J connectivity index is 1.71. The second-order valence-corrected chi connectivity index (χ2v) is 6.25. The largest absolute Gasteiger partial charge is 0.497 e. The van der Waals surface area contributed by atoms with E-state index in [9.17, 15) is 9.59 Å². The van der Waals surface area contributed by atoms with Crippen molar-refractivity contribution in [2.45, 2.75) is 13.1 Å². The van der Waals surface area contributed by atoms with E-state index in [0.717, 1.165) is 5.56 Å². The lowest BCUT2D eigenvalue weighted by molar-refractivity contribution is 0.244. The van der Waals surface area contributed by atoms with Crippen LogP contribution in [0.5, 0.6) is 5.75 Å². The number of benzene rings is 2. The first-order valence-corrected chi connectivity index (χ1v) is 8.34. The van der Waals surface area contributed by atoms with E-state index in [4.69, 9.17) is 16.3 Å². The van der Waals surface area contributed by atoms with E-state index in [1.807, 2.05) is 24.3 Å². The minimum Gasteiger partial charge on any atom is -0.497 e. The van der Waals surface area contributed by atoms with Crippen LogP contribution in [-0.2, 0) is 13.1 Å². The number of methoxy groups -OCH3 is 1. The number of aromatic nitrogens is 3. The van der Waals surface area contributed by atoms with Crippen LogP contribution in [0.15, 0.2) is 53.3 Å². The molecular formula is C18H15ClN4O3. The molecular weight excluding hydrogens is 356 g/mol. The molecule has 1 aromatic heterocycles. The molecule has 7 nitrogen and oxygen atoms in total. The van der Waals surface area contributed by atoms with Crippen LogP contribution in [0.1, 0.15) is 11.4 Å². The van der Waals surface area contributed by atoms with Crippen LogP contribution in [0.4, 0.5) is 10.5 Å². The zero-order valence-electron chi connectivity index (χ0n) is 13.9. The highest BCUT2D eigenvalue weighted by Gasteiger charge is 2.33. The molecule has 0 spiro atoms. The zero-order chi connectivity index (χ0) is 18.3. The first kappa shape index (κ1) is 16.4. The van der Waals surface area contributed by atoms with Gasteiger partial charge in [-0.1, -0.05) is 35.9 Å². The number of fused-ring (bicyclic) bond motifs is 1. The molecule has 0 atom stereocenters. The number of hydrogen-bond donors (Lipinski definition) is 0. The van der Waals surface area contributed by atoms with E-state index in [0.29, 0.717) is 22.3 Å². The fourth-order valence-corrected chi connectivity index (χ4v) is 3.18. The summed E-state index contributed by atoms with van der Waals surface area (Å²) in [6.07, 6.45) is 0. The lowest BCUT2D eigenvalue weighted by Crippen LogP contribution is -2.34. The molecule has 8 heteroatoms. The highest BCUT2D eigenvalue weighted by atomic mass is 35.5. The molecule has 0 unspecified atom stereocenters. The fraction of sp³-hybridized carbons (Fsp3) is 0.167. The molecule has 132 valence electrons. The standard InChI is InChI=1S/C18H15ClN4O3/c1-26-14-7-4-6-13(9-14)21-11-16-20-17(24)22(23(16)18(21)25)10-12-5-2-3-8-15(12)19/h2-9H,10-11H2,1H3. The van der Waals surface area contributed by atoms with Gasteiger partial charge >= 0.3 is 11.7 Å². The van der Waals surface area contributed by atoms with Gasteiger partial charge < -0.3 is 4.74 Å². The van der Waals surface area contributed by atoms with Gasteiger partial charge in [-0.05, 0) is 23.8 Å². The molecule has 1 aliphatic heterocycles. The Kier molecular flexibility index (Phi) is 4.00.